The number of ether oxygens (including phenoxy) is 1. The molecule has 2 heterocycles. The highest BCUT2D eigenvalue weighted by atomic mass is 16.5. The normalized spacial score (nSPS) is 8.93. The molecule has 5 nitrogen and oxygen atoms in total. The quantitative estimate of drug-likeness (QED) is 0.665. The number of hydrogen-bond donors (Lipinski definition) is 0. The molecule has 0 atom stereocenters. The summed E-state index contributed by atoms with van der Waals surface area (Å²) in [7, 11) is 0. The molecular formula is C9H11N3O2. The number of rotatable bonds is 2. The Bertz CT molecular complexity index is 356. The molecule has 14 heavy (non-hydrogen) atoms. The Labute approximate surface area is 81.3 Å². The van der Waals surface area contributed by atoms with E-state index >= 15 is 0 Å². The lowest BCUT2D eigenvalue weighted by Gasteiger charge is -1.85. The van der Waals surface area contributed by atoms with Gasteiger partial charge in [-0.3, -0.25) is 4.79 Å². The van der Waals surface area contributed by atoms with Crippen molar-refractivity contribution in [2.24, 2.45) is 0 Å². The molecule has 2 aromatic heterocycles. The van der Waals surface area contributed by atoms with Gasteiger partial charge in [0, 0.05) is 18.5 Å². The molecule has 2 rings (SSSR count). The lowest BCUT2D eigenvalue weighted by molar-refractivity contribution is -0.128. The van der Waals surface area contributed by atoms with E-state index in [4.69, 9.17) is 0 Å². The van der Waals surface area contributed by atoms with E-state index < -0.39 is 0 Å². The number of fused-ring (bicyclic) bond motifs is 1. The molecule has 0 aliphatic carbocycles. The molecule has 0 aromatic carbocycles. The smallest absolute Gasteiger partial charge is 0.293 e. The minimum absolute atomic E-state index is 0.431. The van der Waals surface area contributed by atoms with Crippen LogP contribution in [0.2, 0.25) is 0 Å². The third-order valence-corrected chi connectivity index (χ3v) is 1.40. The summed E-state index contributed by atoms with van der Waals surface area (Å²) in [5.74, 6) is 0. The average Bonchev–Trinajstić information content (AvgIpc) is 2.67. The first kappa shape index (κ1) is 10.2. The van der Waals surface area contributed by atoms with E-state index in [1.807, 2.05) is 18.3 Å². The Balaban J connectivity index is 0.000000171. The van der Waals surface area contributed by atoms with Crippen LogP contribution in [0, 0.1) is 0 Å². The summed E-state index contributed by atoms with van der Waals surface area (Å²) in [4.78, 5) is 13.2. The van der Waals surface area contributed by atoms with E-state index in [2.05, 4.69) is 14.8 Å². The predicted octanol–water partition coefficient (Wildman–Crippen LogP) is 0.909. The lowest BCUT2D eigenvalue weighted by Crippen LogP contribution is -1.85. The van der Waals surface area contributed by atoms with Crippen molar-refractivity contribution in [2.45, 2.75) is 6.92 Å². The fourth-order valence-corrected chi connectivity index (χ4v) is 0.832. The zero-order valence-electron chi connectivity index (χ0n) is 7.83. The Morgan fingerprint density at radius 1 is 1.57 bits per heavy atom. The van der Waals surface area contributed by atoms with E-state index in [1.54, 1.807) is 23.8 Å². The Morgan fingerprint density at radius 3 is 3.00 bits per heavy atom. The second-order valence-corrected chi connectivity index (χ2v) is 2.31. The second-order valence-electron chi connectivity index (χ2n) is 2.31. The zero-order valence-corrected chi connectivity index (χ0v) is 7.83. The van der Waals surface area contributed by atoms with Crippen LogP contribution in [0.5, 0.6) is 0 Å². The fourth-order valence-electron chi connectivity index (χ4n) is 0.832. The number of aromatic nitrogens is 3. The largest absolute Gasteiger partial charge is 0.468 e. The molecule has 0 saturated carbocycles. The van der Waals surface area contributed by atoms with Gasteiger partial charge in [-0.1, -0.05) is 0 Å². The molecule has 74 valence electrons. The van der Waals surface area contributed by atoms with E-state index in [1.165, 1.54) is 0 Å². The topological polar surface area (TPSA) is 56.5 Å². The first-order chi connectivity index (χ1) is 6.88. The van der Waals surface area contributed by atoms with Crippen molar-refractivity contribution in [3.05, 3.63) is 30.7 Å². The van der Waals surface area contributed by atoms with E-state index in [0.717, 1.165) is 5.65 Å². The zero-order chi connectivity index (χ0) is 10.2. The number of carbonyl (C=O) groups is 1. The summed E-state index contributed by atoms with van der Waals surface area (Å²) >= 11 is 0. The van der Waals surface area contributed by atoms with Crippen LogP contribution in [-0.2, 0) is 9.53 Å². The van der Waals surface area contributed by atoms with Crippen molar-refractivity contribution in [1.29, 1.82) is 0 Å². The molecule has 0 unspecified atom stereocenters. The lowest BCUT2D eigenvalue weighted by atomic mass is 10.6. The van der Waals surface area contributed by atoms with Crippen molar-refractivity contribution in [3.8, 4) is 0 Å². The maximum Gasteiger partial charge on any atom is 0.293 e. The molecule has 0 N–H and O–H groups in total. The Morgan fingerprint density at radius 2 is 2.43 bits per heavy atom. The van der Waals surface area contributed by atoms with Crippen LogP contribution in [0.1, 0.15) is 6.92 Å². The van der Waals surface area contributed by atoms with Crippen LogP contribution < -0.4 is 0 Å². The highest BCUT2D eigenvalue weighted by molar-refractivity contribution is 5.36. The molecular weight excluding hydrogens is 182 g/mol. The van der Waals surface area contributed by atoms with Crippen LogP contribution >= 0.6 is 0 Å². The fraction of sp³-hybridized carbons (Fsp3) is 0.222. The number of carbonyl (C=O) groups excluding carboxylic acids is 1. The number of hydrogen-bond acceptors (Lipinski definition) is 4. The summed E-state index contributed by atoms with van der Waals surface area (Å²) in [5.41, 5.74) is 0.887. The highest BCUT2D eigenvalue weighted by Crippen LogP contribution is 1.93. The molecule has 0 spiro atoms. The first-order valence-corrected chi connectivity index (χ1v) is 4.18. The third-order valence-electron chi connectivity index (χ3n) is 1.40. The van der Waals surface area contributed by atoms with Gasteiger partial charge < -0.3 is 4.74 Å². The number of nitrogens with zero attached hydrogens (tertiary/aromatic N) is 3. The third kappa shape index (κ3) is 2.85. The van der Waals surface area contributed by atoms with Gasteiger partial charge in [0.05, 0.1) is 12.8 Å². The summed E-state index contributed by atoms with van der Waals surface area (Å²) in [6.45, 7) is 2.66. The Kier molecular flexibility index (Phi) is 4.13. The van der Waals surface area contributed by atoms with E-state index in [-0.39, 0.29) is 0 Å². The van der Waals surface area contributed by atoms with Crippen LogP contribution in [0.4, 0.5) is 0 Å². The highest BCUT2D eigenvalue weighted by Gasteiger charge is 1.87. The van der Waals surface area contributed by atoms with Crippen molar-refractivity contribution in [1.82, 2.24) is 14.6 Å². The molecule has 0 aliphatic heterocycles. The standard InChI is InChI=1S/C6H5N3.C3H6O2/c1-3-7-6-2-4-8-9(6)5-1;1-2-5-3-4/h1-5H;3H,2H2,1H3. The average molecular weight is 193 g/mol. The summed E-state index contributed by atoms with van der Waals surface area (Å²) in [6.07, 6.45) is 5.34. The predicted molar refractivity (Wildman–Crippen MR) is 50.7 cm³/mol. The SMILES string of the molecule is CCOC=O.c1cnc2ccnn2c1. The van der Waals surface area contributed by atoms with E-state index in [0.29, 0.717) is 13.1 Å². The second kappa shape index (κ2) is 5.69. The summed E-state index contributed by atoms with van der Waals surface area (Å²) < 4.78 is 5.88. The van der Waals surface area contributed by atoms with Crippen molar-refractivity contribution in [2.75, 3.05) is 6.61 Å². The summed E-state index contributed by atoms with van der Waals surface area (Å²) in [6, 6.07) is 3.71. The van der Waals surface area contributed by atoms with Crippen LogP contribution in [0.15, 0.2) is 30.7 Å². The van der Waals surface area contributed by atoms with Crippen molar-refractivity contribution in [3.63, 3.8) is 0 Å². The van der Waals surface area contributed by atoms with Gasteiger partial charge in [-0.25, -0.2) is 9.50 Å². The minimum Gasteiger partial charge on any atom is -0.468 e. The van der Waals surface area contributed by atoms with Gasteiger partial charge in [0.1, 0.15) is 0 Å². The molecule has 2 aromatic rings. The van der Waals surface area contributed by atoms with Crippen molar-refractivity contribution < 1.29 is 9.53 Å². The first-order valence-electron chi connectivity index (χ1n) is 4.18. The van der Waals surface area contributed by atoms with Gasteiger partial charge >= 0.3 is 0 Å². The van der Waals surface area contributed by atoms with Gasteiger partial charge in [-0.2, -0.15) is 5.10 Å². The van der Waals surface area contributed by atoms with Crippen LogP contribution in [0.25, 0.3) is 5.65 Å². The van der Waals surface area contributed by atoms with Gasteiger partial charge in [-0.05, 0) is 13.0 Å². The Hall–Kier alpha value is -1.91. The van der Waals surface area contributed by atoms with Crippen LogP contribution in [-0.4, -0.2) is 27.7 Å². The van der Waals surface area contributed by atoms with E-state index in [9.17, 15) is 4.79 Å². The minimum atomic E-state index is 0.431. The maximum atomic E-state index is 9.18. The summed E-state index contributed by atoms with van der Waals surface area (Å²) in [5, 5.41) is 3.97. The monoisotopic (exact) mass is 193 g/mol. The maximum absolute atomic E-state index is 9.18. The van der Waals surface area contributed by atoms with Crippen molar-refractivity contribution >= 4 is 12.1 Å². The molecule has 0 radical (unpaired) electrons. The molecule has 0 amide bonds. The molecule has 0 saturated heterocycles. The van der Waals surface area contributed by atoms with Gasteiger partial charge in [0.15, 0.2) is 5.65 Å². The van der Waals surface area contributed by atoms with Gasteiger partial charge in [-0.15, -0.1) is 0 Å². The molecule has 5 heteroatoms. The molecule has 0 aliphatic rings. The molecule has 0 fully saturated rings. The molecule has 0 bridgehead atoms. The van der Waals surface area contributed by atoms with Crippen LogP contribution in [0.3, 0.4) is 0 Å². The van der Waals surface area contributed by atoms with Gasteiger partial charge in [0.2, 0.25) is 0 Å². The van der Waals surface area contributed by atoms with Gasteiger partial charge in [0.25, 0.3) is 6.47 Å².